The molecule has 5 rings (SSSR count). The lowest BCUT2D eigenvalue weighted by molar-refractivity contribution is -0.182. The van der Waals surface area contributed by atoms with Crippen LogP contribution in [0.25, 0.3) is 10.9 Å². The van der Waals surface area contributed by atoms with Gasteiger partial charge in [0, 0.05) is 37.7 Å². The number of nitrogens with zero attached hydrogens (tertiary/aromatic N) is 2. The van der Waals surface area contributed by atoms with Gasteiger partial charge >= 0.3 is 6.18 Å². The van der Waals surface area contributed by atoms with Crippen molar-refractivity contribution in [3.05, 3.63) is 65.4 Å². The van der Waals surface area contributed by atoms with E-state index < -0.39 is 12.1 Å². The van der Waals surface area contributed by atoms with Crippen LogP contribution in [0.15, 0.2) is 48.7 Å². The fourth-order valence-corrected chi connectivity index (χ4v) is 5.67. The van der Waals surface area contributed by atoms with Gasteiger partial charge in [0.15, 0.2) is 0 Å². The molecule has 2 aliphatic rings. The first kappa shape index (κ1) is 24.4. The molecule has 1 fully saturated rings. The first-order valence-electron chi connectivity index (χ1n) is 12.4. The molecule has 190 valence electrons. The van der Waals surface area contributed by atoms with Crippen molar-refractivity contribution in [2.24, 2.45) is 5.92 Å². The zero-order valence-corrected chi connectivity index (χ0v) is 20.4. The molecule has 8 heteroatoms. The van der Waals surface area contributed by atoms with Crippen molar-refractivity contribution < 1.29 is 22.7 Å². The molecule has 1 aromatic heterocycles. The Kier molecular flexibility index (Phi) is 6.53. The smallest absolute Gasteiger partial charge is 0.391 e. The second-order valence-corrected chi connectivity index (χ2v) is 9.95. The van der Waals surface area contributed by atoms with Crippen molar-refractivity contribution in [3.8, 4) is 5.75 Å². The summed E-state index contributed by atoms with van der Waals surface area (Å²) in [7, 11) is 3.77. The molecule has 0 bridgehead atoms. The van der Waals surface area contributed by atoms with Crippen LogP contribution in [0.1, 0.15) is 65.5 Å². The van der Waals surface area contributed by atoms with Crippen LogP contribution in [0.2, 0.25) is 0 Å². The predicted octanol–water partition coefficient (Wildman–Crippen LogP) is 6.39. The minimum Gasteiger partial charge on any atom is -0.493 e. The molecule has 1 aliphatic heterocycles. The van der Waals surface area contributed by atoms with Crippen LogP contribution in [0.4, 0.5) is 18.9 Å². The van der Waals surface area contributed by atoms with Crippen molar-refractivity contribution in [1.29, 1.82) is 0 Å². The van der Waals surface area contributed by atoms with E-state index in [1.807, 2.05) is 61.5 Å². The molecule has 1 saturated carbocycles. The quantitative estimate of drug-likeness (QED) is 0.454. The molecule has 0 unspecified atom stereocenters. The summed E-state index contributed by atoms with van der Waals surface area (Å²) in [5.41, 5.74) is 3.89. The highest BCUT2D eigenvalue weighted by atomic mass is 19.4. The van der Waals surface area contributed by atoms with E-state index in [4.69, 9.17) is 9.72 Å². The number of aromatic nitrogens is 1. The van der Waals surface area contributed by atoms with E-state index in [0.717, 1.165) is 33.5 Å². The molecule has 1 aliphatic carbocycles. The first-order chi connectivity index (χ1) is 17.2. The monoisotopic (exact) mass is 497 g/mol. The van der Waals surface area contributed by atoms with E-state index in [1.54, 1.807) is 6.20 Å². The van der Waals surface area contributed by atoms with Gasteiger partial charge in [-0.2, -0.15) is 13.2 Å². The van der Waals surface area contributed by atoms with Crippen LogP contribution >= 0.6 is 0 Å². The van der Waals surface area contributed by atoms with Crippen LogP contribution in [-0.2, 0) is 0 Å². The molecule has 0 spiro atoms. The summed E-state index contributed by atoms with van der Waals surface area (Å²) in [6, 6.07) is 13.4. The second-order valence-electron chi connectivity index (χ2n) is 9.95. The van der Waals surface area contributed by atoms with Crippen LogP contribution in [-0.4, -0.2) is 37.8 Å². The standard InChI is InChI=1S/C28H30F3N3O2/c1-34(2)26-21-8-5-7-19(17-10-12-18(13-11-17)28(29,30)31)25(21)32-16-22(26)27(35)33-23-14-15-36-24-9-4-3-6-20(23)24/h3-9,16-18,23H,10-15H2,1-2H3,(H,33,35)/t17?,18?,23-/m0/s1. The van der Waals surface area contributed by atoms with E-state index in [2.05, 4.69) is 5.32 Å². The van der Waals surface area contributed by atoms with Crippen LogP contribution in [0.5, 0.6) is 5.75 Å². The van der Waals surface area contributed by atoms with Gasteiger partial charge in [-0.1, -0.05) is 36.4 Å². The highest BCUT2D eigenvalue weighted by Gasteiger charge is 2.41. The average Bonchev–Trinajstić information content (AvgIpc) is 2.87. The number of rotatable bonds is 4. The fraction of sp³-hybridized carbons (Fsp3) is 0.429. The number of hydrogen-bond donors (Lipinski definition) is 1. The molecule has 0 saturated heterocycles. The van der Waals surface area contributed by atoms with Gasteiger partial charge in [0.05, 0.1) is 35.3 Å². The van der Waals surface area contributed by atoms with Crippen LogP contribution < -0.4 is 15.0 Å². The number of hydrogen-bond acceptors (Lipinski definition) is 4. The molecule has 1 atom stereocenters. The lowest BCUT2D eigenvalue weighted by Gasteiger charge is -2.31. The molecular weight excluding hydrogens is 467 g/mol. The molecular formula is C28H30F3N3O2. The van der Waals surface area contributed by atoms with Gasteiger partial charge in [0.2, 0.25) is 0 Å². The maximum absolute atomic E-state index is 13.5. The normalized spacial score (nSPS) is 22.0. The van der Waals surface area contributed by atoms with Crippen LogP contribution in [0.3, 0.4) is 0 Å². The molecule has 1 N–H and O–H groups in total. The van der Waals surface area contributed by atoms with Crippen LogP contribution in [0, 0.1) is 5.92 Å². The lowest BCUT2D eigenvalue weighted by atomic mass is 9.78. The zero-order chi connectivity index (χ0) is 25.4. The maximum Gasteiger partial charge on any atom is 0.391 e. The Bertz CT molecular complexity index is 1270. The number of ether oxygens (including phenoxy) is 1. The van der Waals surface area contributed by atoms with Crippen molar-refractivity contribution in [2.45, 2.75) is 50.2 Å². The highest BCUT2D eigenvalue weighted by molar-refractivity contribution is 6.08. The van der Waals surface area contributed by atoms with Gasteiger partial charge in [-0.3, -0.25) is 9.78 Å². The van der Waals surface area contributed by atoms with Crippen molar-refractivity contribution >= 4 is 22.5 Å². The van der Waals surface area contributed by atoms with E-state index in [1.165, 1.54) is 0 Å². The number of benzene rings is 2. The van der Waals surface area contributed by atoms with E-state index in [0.29, 0.717) is 31.4 Å². The Morgan fingerprint density at radius 2 is 1.72 bits per heavy atom. The first-order valence-corrected chi connectivity index (χ1v) is 12.4. The van der Waals surface area contributed by atoms with Gasteiger partial charge in [-0.25, -0.2) is 0 Å². The summed E-state index contributed by atoms with van der Waals surface area (Å²) in [6.07, 6.45) is -0.625. The number of carbonyl (C=O) groups excluding carboxylic acids is 1. The minimum atomic E-state index is -4.13. The van der Waals surface area contributed by atoms with Gasteiger partial charge in [-0.15, -0.1) is 0 Å². The summed E-state index contributed by atoms with van der Waals surface area (Å²) in [6.45, 7) is 0.526. The number of amides is 1. The van der Waals surface area contributed by atoms with Crippen molar-refractivity contribution in [1.82, 2.24) is 10.3 Å². The zero-order valence-electron chi connectivity index (χ0n) is 20.4. The fourth-order valence-electron chi connectivity index (χ4n) is 5.67. The summed E-state index contributed by atoms with van der Waals surface area (Å²) in [5, 5.41) is 3.99. The third kappa shape index (κ3) is 4.61. The van der Waals surface area contributed by atoms with Gasteiger partial charge in [0.25, 0.3) is 5.91 Å². The number of anilines is 1. The van der Waals surface area contributed by atoms with Crippen molar-refractivity contribution in [2.75, 3.05) is 25.6 Å². The summed E-state index contributed by atoms with van der Waals surface area (Å²) in [4.78, 5) is 20.1. The molecule has 0 radical (unpaired) electrons. The number of halogens is 3. The Labute approximate surface area is 208 Å². The van der Waals surface area contributed by atoms with E-state index in [9.17, 15) is 18.0 Å². The van der Waals surface area contributed by atoms with Crippen molar-refractivity contribution in [3.63, 3.8) is 0 Å². The second kappa shape index (κ2) is 9.64. The molecule has 1 amide bonds. The summed E-state index contributed by atoms with van der Waals surface area (Å²) in [5.74, 6) is -0.637. The maximum atomic E-state index is 13.5. The van der Waals surface area contributed by atoms with Gasteiger partial charge in [0.1, 0.15) is 5.75 Å². The molecule has 2 heterocycles. The Morgan fingerprint density at radius 1 is 1.00 bits per heavy atom. The number of para-hydroxylation sites is 2. The summed E-state index contributed by atoms with van der Waals surface area (Å²) >= 11 is 0. The summed E-state index contributed by atoms with van der Waals surface area (Å²) < 4.78 is 45.2. The molecule has 36 heavy (non-hydrogen) atoms. The average molecular weight is 498 g/mol. The predicted molar refractivity (Wildman–Crippen MR) is 134 cm³/mol. The Balaban J connectivity index is 1.45. The third-order valence-corrected chi connectivity index (χ3v) is 7.49. The minimum absolute atomic E-state index is 0.0215. The Morgan fingerprint density at radius 3 is 2.44 bits per heavy atom. The van der Waals surface area contributed by atoms with E-state index in [-0.39, 0.29) is 30.7 Å². The lowest BCUT2D eigenvalue weighted by Crippen LogP contribution is -2.33. The third-order valence-electron chi connectivity index (χ3n) is 7.49. The topological polar surface area (TPSA) is 54.5 Å². The number of fused-ring (bicyclic) bond motifs is 2. The molecule has 2 aromatic carbocycles. The molecule has 3 aromatic rings. The number of alkyl halides is 3. The number of carbonyl (C=O) groups is 1. The van der Waals surface area contributed by atoms with Gasteiger partial charge < -0.3 is 15.0 Å². The SMILES string of the molecule is CN(C)c1c(C(=O)N[C@H]2CCOc3ccccc32)cnc2c(C3CCC(C(F)(F)F)CC3)cccc12. The van der Waals surface area contributed by atoms with E-state index >= 15 is 0 Å². The Hall–Kier alpha value is -3.29. The molecule has 5 nitrogen and oxygen atoms in total. The largest absolute Gasteiger partial charge is 0.493 e. The highest BCUT2D eigenvalue weighted by Crippen LogP contribution is 2.45. The van der Waals surface area contributed by atoms with Gasteiger partial charge in [-0.05, 0) is 43.2 Å². The number of pyridine rings is 1. The number of nitrogens with one attached hydrogen (secondary N) is 1.